The summed E-state index contributed by atoms with van der Waals surface area (Å²) in [6.45, 7) is 4.44. The Hall–Kier alpha value is -1.87. The smallest absolute Gasteiger partial charge is 0.175 e. The summed E-state index contributed by atoms with van der Waals surface area (Å²) < 4.78 is 0. The highest BCUT2D eigenvalue weighted by Gasteiger charge is 2.03. The van der Waals surface area contributed by atoms with Crippen molar-refractivity contribution in [1.29, 1.82) is 0 Å². The molecule has 0 saturated heterocycles. The van der Waals surface area contributed by atoms with Crippen molar-refractivity contribution in [3.05, 3.63) is 60.2 Å². The molecule has 2 nitrogen and oxygen atoms in total. The Bertz CT molecular complexity index is 549. The van der Waals surface area contributed by atoms with Gasteiger partial charge in [-0.25, -0.2) is 0 Å². The normalized spacial score (nSPS) is 11.7. The topological polar surface area (TPSA) is 24.1 Å². The average molecular weight is 284 g/mol. The van der Waals surface area contributed by atoms with Crippen molar-refractivity contribution in [3.8, 4) is 0 Å². The molecule has 0 amide bonds. The second-order valence-corrected chi connectivity index (χ2v) is 5.28. The molecule has 0 fully saturated rings. The minimum atomic E-state index is 0.596. The fraction of sp³-hybridized carbons (Fsp3) is 0.235. The lowest BCUT2D eigenvalue weighted by Gasteiger charge is -2.12. The van der Waals surface area contributed by atoms with Crippen LogP contribution in [0.1, 0.15) is 31.7 Å². The Balaban J connectivity index is 1.94. The molecule has 0 bridgehead atoms. The van der Waals surface area contributed by atoms with E-state index in [1.165, 1.54) is 5.56 Å². The Labute approximate surface area is 126 Å². The minimum Gasteiger partial charge on any atom is -0.332 e. The van der Waals surface area contributed by atoms with Crippen molar-refractivity contribution in [2.75, 3.05) is 10.6 Å². The van der Waals surface area contributed by atoms with Gasteiger partial charge in [-0.15, -0.1) is 0 Å². The van der Waals surface area contributed by atoms with E-state index in [1.54, 1.807) is 0 Å². The van der Waals surface area contributed by atoms with Gasteiger partial charge < -0.3 is 10.6 Å². The predicted octanol–water partition coefficient (Wildman–Crippen LogP) is 5.01. The number of hydrogen-bond donors (Lipinski definition) is 2. The van der Waals surface area contributed by atoms with Crippen molar-refractivity contribution in [2.24, 2.45) is 0 Å². The van der Waals surface area contributed by atoms with E-state index in [0.29, 0.717) is 11.0 Å². The Morgan fingerprint density at radius 2 is 1.50 bits per heavy atom. The fourth-order valence-electron chi connectivity index (χ4n) is 1.95. The summed E-state index contributed by atoms with van der Waals surface area (Å²) >= 11 is 5.30. The van der Waals surface area contributed by atoms with E-state index in [2.05, 4.69) is 48.7 Å². The van der Waals surface area contributed by atoms with Crippen molar-refractivity contribution in [3.63, 3.8) is 0 Å². The molecule has 0 aliphatic heterocycles. The first-order chi connectivity index (χ1) is 9.69. The zero-order valence-corrected chi connectivity index (χ0v) is 12.7. The van der Waals surface area contributed by atoms with Crippen LogP contribution in [0.2, 0.25) is 0 Å². The van der Waals surface area contributed by atoms with Crippen LogP contribution in [0.25, 0.3) is 0 Å². The molecule has 0 aromatic heterocycles. The van der Waals surface area contributed by atoms with Crippen LogP contribution in [0.3, 0.4) is 0 Å². The average Bonchev–Trinajstić information content (AvgIpc) is 2.48. The molecule has 0 saturated carbocycles. The van der Waals surface area contributed by atoms with Crippen LogP contribution in [-0.2, 0) is 0 Å². The summed E-state index contributed by atoms with van der Waals surface area (Å²) in [4.78, 5) is 0. The highest BCUT2D eigenvalue weighted by atomic mass is 32.1. The molecule has 2 aromatic rings. The van der Waals surface area contributed by atoms with Gasteiger partial charge in [0.25, 0.3) is 0 Å². The van der Waals surface area contributed by atoms with Crippen LogP contribution in [0.15, 0.2) is 54.6 Å². The third-order valence-corrected chi connectivity index (χ3v) is 3.59. The summed E-state index contributed by atoms with van der Waals surface area (Å²) in [6, 6.07) is 18.4. The first-order valence-corrected chi connectivity index (χ1v) is 7.33. The highest BCUT2D eigenvalue weighted by molar-refractivity contribution is 7.80. The van der Waals surface area contributed by atoms with Gasteiger partial charge in [0.05, 0.1) is 0 Å². The maximum atomic E-state index is 5.30. The lowest BCUT2D eigenvalue weighted by Crippen LogP contribution is -2.18. The van der Waals surface area contributed by atoms with Gasteiger partial charge in [0.1, 0.15) is 0 Å². The van der Waals surface area contributed by atoms with Crippen LogP contribution in [-0.4, -0.2) is 5.11 Å². The van der Waals surface area contributed by atoms with Crippen molar-refractivity contribution in [2.45, 2.75) is 26.2 Å². The molecule has 1 unspecified atom stereocenters. The number of nitrogens with one attached hydrogen (secondary N) is 2. The lowest BCUT2D eigenvalue weighted by molar-refractivity contribution is 0.734. The van der Waals surface area contributed by atoms with E-state index >= 15 is 0 Å². The van der Waals surface area contributed by atoms with E-state index < -0.39 is 0 Å². The van der Waals surface area contributed by atoms with Gasteiger partial charge in [0, 0.05) is 11.4 Å². The number of benzene rings is 2. The summed E-state index contributed by atoms with van der Waals surface area (Å²) in [5.41, 5.74) is 3.35. The standard InChI is InChI=1S/C17H20N2S/c1-3-13(2)14-9-11-16(12-10-14)19-17(20)18-15-7-5-4-6-8-15/h4-13H,3H2,1-2H3,(H2,18,19,20). The van der Waals surface area contributed by atoms with Crippen molar-refractivity contribution >= 4 is 28.7 Å². The quantitative estimate of drug-likeness (QED) is 0.772. The fourth-order valence-corrected chi connectivity index (χ4v) is 2.18. The van der Waals surface area contributed by atoms with E-state index in [-0.39, 0.29) is 0 Å². The molecular formula is C17H20N2S. The van der Waals surface area contributed by atoms with E-state index in [9.17, 15) is 0 Å². The third kappa shape index (κ3) is 4.07. The molecule has 3 heteroatoms. The van der Waals surface area contributed by atoms with Gasteiger partial charge in [-0.1, -0.05) is 44.2 Å². The number of thiocarbonyl (C=S) groups is 1. The lowest BCUT2D eigenvalue weighted by atomic mass is 9.99. The third-order valence-electron chi connectivity index (χ3n) is 3.38. The summed E-state index contributed by atoms with van der Waals surface area (Å²) in [5, 5.41) is 6.96. The van der Waals surface area contributed by atoms with E-state index in [4.69, 9.17) is 12.2 Å². The van der Waals surface area contributed by atoms with Crippen LogP contribution >= 0.6 is 12.2 Å². The van der Waals surface area contributed by atoms with E-state index in [1.807, 2.05) is 30.3 Å². The van der Waals surface area contributed by atoms with Gasteiger partial charge in [0.15, 0.2) is 5.11 Å². The molecule has 1 atom stereocenters. The molecule has 0 aliphatic rings. The maximum absolute atomic E-state index is 5.30. The van der Waals surface area contributed by atoms with Gasteiger partial charge in [0.2, 0.25) is 0 Å². The molecule has 0 spiro atoms. The number of anilines is 2. The van der Waals surface area contributed by atoms with Crippen LogP contribution in [0, 0.1) is 0 Å². The van der Waals surface area contributed by atoms with Crippen LogP contribution in [0.4, 0.5) is 11.4 Å². The van der Waals surface area contributed by atoms with Gasteiger partial charge >= 0.3 is 0 Å². The van der Waals surface area contributed by atoms with Gasteiger partial charge in [-0.3, -0.25) is 0 Å². The molecule has 2 rings (SSSR count). The Morgan fingerprint density at radius 1 is 0.950 bits per heavy atom. The van der Waals surface area contributed by atoms with Crippen LogP contribution in [0.5, 0.6) is 0 Å². The number of hydrogen-bond acceptors (Lipinski definition) is 1. The Kier molecular flexibility index (Phi) is 5.13. The second-order valence-electron chi connectivity index (χ2n) is 4.88. The summed E-state index contributed by atoms with van der Waals surface area (Å²) in [7, 11) is 0. The first-order valence-electron chi connectivity index (χ1n) is 6.92. The van der Waals surface area contributed by atoms with Crippen molar-refractivity contribution in [1.82, 2.24) is 0 Å². The van der Waals surface area contributed by atoms with Crippen LogP contribution < -0.4 is 10.6 Å². The molecule has 0 radical (unpaired) electrons. The molecule has 20 heavy (non-hydrogen) atoms. The van der Waals surface area contributed by atoms with E-state index in [0.717, 1.165) is 17.8 Å². The largest absolute Gasteiger partial charge is 0.332 e. The maximum Gasteiger partial charge on any atom is 0.175 e. The molecule has 0 heterocycles. The van der Waals surface area contributed by atoms with Crippen molar-refractivity contribution < 1.29 is 0 Å². The molecule has 0 aliphatic carbocycles. The number of rotatable bonds is 4. The number of para-hydroxylation sites is 1. The minimum absolute atomic E-state index is 0.596. The van der Waals surface area contributed by atoms with Gasteiger partial charge in [-0.05, 0) is 54.4 Å². The molecule has 2 N–H and O–H groups in total. The zero-order valence-electron chi connectivity index (χ0n) is 11.9. The molecular weight excluding hydrogens is 264 g/mol. The predicted molar refractivity (Wildman–Crippen MR) is 91.4 cm³/mol. The summed E-state index contributed by atoms with van der Waals surface area (Å²) in [6.07, 6.45) is 1.15. The zero-order chi connectivity index (χ0) is 14.4. The summed E-state index contributed by atoms with van der Waals surface area (Å²) in [5.74, 6) is 0.596. The highest BCUT2D eigenvalue weighted by Crippen LogP contribution is 2.20. The first kappa shape index (κ1) is 14.5. The van der Waals surface area contributed by atoms with Gasteiger partial charge in [-0.2, -0.15) is 0 Å². The second kappa shape index (κ2) is 7.06. The molecule has 104 valence electrons. The SMILES string of the molecule is CCC(C)c1ccc(NC(=S)Nc2ccccc2)cc1. The Morgan fingerprint density at radius 3 is 2.05 bits per heavy atom. The monoisotopic (exact) mass is 284 g/mol. The molecule has 2 aromatic carbocycles.